The Morgan fingerprint density at radius 2 is 1.93 bits per heavy atom. The zero-order valence-corrected chi connectivity index (χ0v) is 16.4. The van der Waals surface area contributed by atoms with Crippen LogP contribution in [0.4, 0.5) is 13.2 Å². The number of fused-ring (bicyclic) bond motifs is 1. The van der Waals surface area contributed by atoms with E-state index in [-0.39, 0.29) is 18.2 Å². The minimum atomic E-state index is -4.78. The van der Waals surface area contributed by atoms with Crippen molar-refractivity contribution in [3.8, 4) is 22.6 Å². The summed E-state index contributed by atoms with van der Waals surface area (Å²) in [7, 11) is 0. The molecular formula is C21H22F3NO5. The highest BCUT2D eigenvalue weighted by Crippen LogP contribution is 2.43. The lowest BCUT2D eigenvalue weighted by Crippen LogP contribution is -2.23. The van der Waals surface area contributed by atoms with Crippen LogP contribution in [-0.2, 0) is 17.8 Å². The molecule has 2 atom stereocenters. The van der Waals surface area contributed by atoms with E-state index in [1.165, 1.54) is 38.1 Å². The van der Waals surface area contributed by atoms with Crippen LogP contribution in [0, 0.1) is 0 Å². The first-order valence-corrected chi connectivity index (χ1v) is 9.35. The van der Waals surface area contributed by atoms with Gasteiger partial charge in [0, 0.05) is 31.0 Å². The number of ether oxygens (including phenoxy) is 2. The third-order valence-corrected chi connectivity index (χ3v) is 4.79. The Morgan fingerprint density at radius 3 is 2.50 bits per heavy atom. The fourth-order valence-corrected chi connectivity index (χ4v) is 3.49. The average molecular weight is 425 g/mol. The van der Waals surface area contributed by atoms with Gasteiger partial charge in [-0.25, -0.2) is 0 Å². The van der Waals surface area contributed by atoms with E-state index < -0.39 is 18.6 Å². The number of benzene rings is 2. The van der Waals surface area contributed by atoms with Crippen molar-refractivity contribution < 1.29 is 37.7 Å². The second-order valence-electron chi connectivity index (χ2n) is 7.07. The summed E-state index contributed by atoms with van der Waals surface area (Å²) >= 11 is 0. The van der Waals surface area contributed by atoms with Gasteiger partial charge in [0.25, 0.3) is 0 Å². The van der Waals surface area contributed by atoms with E-state index in [1.807, 2.05) is 0 Å². The second kappa shape index (κ2) is 8.53. The highest BCUT2D eigenvalue weighted by molar-refractivity contribution is 5.77. The van der Waals surface area contributed by atoms with Crippen molar-refractivity contribution in [2.24, 2.45) is 0 Å². The van der Waals surface area contributed by atoms with E-state index in [4.69, 9.17) is 4.74 Å². The molecule has 30 heavy (non-hydrogen) atoms. The fourth-order valence-electron chi connectivity index (χ4n) is 3.49. The predicted molar refractivity (Wildman–Crippen MR) is 102 cm³/mol. The van der Waals surface area contributed by atoms with Gasteiger partial charge in [0.15, 0.2) is 0 Å². The van der Waals surface area contributed by atoms with E-state index in [1.54, 1.807) is 6.07 Å². The Labute approximate surface area is 171 Å². The molecule has 0 saturated carbocycles. The van der Waals surface area contributed by atoms with Crippen LogP contribution in [0.15, 0.2) is 30.3 Å². The number of rotatable bonds is 6. The van der Waals surface area contributed by atoms with Gasteiger partial charge in [0.05, 0.1) is 12.7 Å². The van der Waals surface area contributed by atoms with Gasteiger partial charge in [-0.1, -0.05) is 12.1 Å². The monoisotopic (exact) mass is 425 g/mol. The van der Waals surface area contributed by atoms with Crippen LogP contribution in [0.25, 0.3) is 11.1 Å². The molecule has 1 heterocycles. The molecule has 162 valence electrons. The first-order valence-electron chi connectivity index (χ1n) is 9.35. The molecule has 0 unspecified atom stereocenters. The van der Waals surface area contributed by atoms with Crippen LogP contribution in [0.3, 0.4) is 0 Å². The summed E-state index contributed by atoms with van der Waals surface area (Å²) in [6.45, 7) is 3.30. The third-order valence-electron chi connectivity index (χ3n) is 4.79. The molecule has 2 aromatic rings. The summed E-state index contributed by atoms with van der Waals surface area (Å²) < 4.78 is 46.9. The van der Waals surface area contributed by atoms with Crippen LogP contribution in [0.5, 0.6) is 11.5 Å². The third kappa shape index (κ3) is 4.85. The predicted octanol–water partition coefficient (Wildman–Crippen LogP) is 3.24. The molecule has 0 aromatic heterocycles. The molecule has 0 spiro atoms. The molecule has 1 aliphatic heterocycles. The summed E-state index contributed by atoms with van der Waals surface area (Å²) in [5, 5.41) is 23.2. The molecule has 0 aliphatic carbocycles. The van der Waals surface area contributed by atoms with E-state index in [2.05, 4.69) is 10.1 Å². The van der Waals surface area contributed by atoms with Crippen molar-refractivity contribution in [1.29, 1.82) is 0 Å². The lowest BCUT2D eigenvalue weighted by atomic mass is 9.88. The van der Waals surface area contributed by atoms with Gasteiger partial charge in [0.2, 0.25) is 5.91 Å². The molecular weight excluding hydrogens is 403 g/mol. The number of carbonyl (C=O) groups excluding carboxylic acids is 1. The highest BCUT2D eigenvalue weighted by Gasteiger charge is 2.32. The van der Waals surface area contributed by atoms with Crippen molar-refractivity contribution >= 4 is 5.91 Å². The van der Waals surface area contributed by atoms with Crippen molar-refractivity contribution in [3.05, 3.63) is 47.0 Å². The lowest BCUT2D eigenvalue weighted by molar-refractivity contribution is -0.274. The Bertz CT molecular complexity index is 926. The molecule has 1 aliphatic rings. The van der Waals surface area contributed by atoms with Crippen LogP contribution < -0.4 is 14.8 Å². The quantitative estimate of drug-likeness (QED) is 0.662. The number of aliphatic hydroxyl groups excluding tert-OH is 2. The van der Waals surface area contributed by atoms with E-state index >= 15 is 0 Å². The van der Waals surface area contributed by atoms with Gasteiger partial charge in [-0.15, -0.1) is 13.2 Å². The van der Waals surface area contributed by atoms with Gasteiger partial charge in [-0.3, -0.25) is 4.79 Å². The number of carbonyl (C=O) groups is 1. The number of alkyl halides is 3. The van der Waals surface area contributed by atoms with E-state index in [0.29, 0.717) is 46.6 Å². The highest BCUT2D eigenvalue weighted by atomic mass is 19.4. The molecule has 0 radical (unpaired) electrons. The summed E-state index contributed by atoms with van der Waals surface area (Å²) in [5.41, 5.74) is 2.99. The van der Waals surface area contributed by atoms with Crippen LogP contribution >= 0.6 is 0 Å². The Hall–Kier alpha value is -2.78. The molecule has 0 saturated heterocycles. The summed E-state index contributed by atoms with van der Waals surface area (Å²) in [6.07, 6.45) is -6.52. The molecule has 3 rings (SSSR count). The average Bonchev–Trinajstić information content (AvgIpc) is 3.13. The first-order chi connectivity index (χ1) is 14.1. The van der Waals surface area contributed by atoms with Gasteiger partial charge in [-0.2, -0.15) is 0 Å². The van der Waals surface area contributed by atoms with Gasteiger partial charge in [0.1, 0.15) is 17.6 Å². The fraction of sp³-hybridized carbons (Fsp3) is 0.381. The lowest BCUT2D eigenvalue weighted by Gasteiger charge is -2.23. The maximum Gasteiger partial charge on any atom is 0.573 e. The molecule has 1 amide bonds. The van der Waals surface area contributed by atoms with Gasteiger partial charge >= 0.3 is 6.36 Å². The Kier molecular flexibility index (Phi) is 6.23. The first kappa shape index (κ1) is 21.9. The molecule has 0 bridgehead atoms. The summed E-state index contributed by atoms with van der Waals surface area (Å²) in [4.78, 5) is 11.4. The molecule has 0 fully saturated rings. The molecule has 3 N–H and O–H groups in total. The zero-order chi connectivity index (χ0) is 22.1. The van der Waals surface area contributed by atoms with Crippen molar-refractivity contribution in [3.63, 3.8) is 0 Å². The minimum Gasteiger partial charge on any atom is -0.492 e. The normalized spacial score (nSPS) is 15.2. The smallest absolute Gasteiger partial charge is 0.492 e. The van der Waals surface area contributed by atoms with E-state index in [0.717, 1.165) is 0 Å². The van der Waals surface area contributed by atoms with Crippen LogP contribution in [-0.4, -0.2) is 35.2 Å². The Morgan fingerprint density at radius 1 is 1.27 bits per heavy atom. The van der Waals surface area contributed by atoms with Gasteiger partial charge in [-0.05, 0) is 41.8 Å². The SMILES string of the molecule is CC(=O)NCc1cc(-c2ccc(OC(F)(F)F)cc2)c2c(c1[C@H](O)[C@H](C)O)CCO2. The zero-order valence-electron chi connectivity index (χ0n) is 16.4. The number of nitrogens with one attached hydrogen (secondary N) is 1. The van der Waals surface area contributed by atoms with E-state index in [9.17, 15) is 28.2 Å². The summed E-state index contributed by atoms with van der Waals surface area (Å²) in [6, 6.07) is 7.07. The van der Waals surface area contributed by atoms with Crippen molar-refractivity contribution in [1.82, 2.24) is 5.32 Å². The minimum absolute atomic E-state index is 0.115. The Balaban J connectivity index is 2.08. The molecule has 6 nitrogen and oxygen atoms in total. The van der Waals surface area contributed by atoms with Crippen molar-refractivity contribution in [2.45, 2.75) is 45.4 Å². The molecule has 9 heteroatoms. The number of hydrogen-bond acceptors (Lipinski definition) is 5. The number of hydrogen-bond donors (Lipinski definition) is 3. The van der Waals surface area contributed by atoms with Gasteiger partial charge < -0.3 is 25.0 Å². The largest absolute Gasteiger partial charge is 0.573 e. The standard InChI is InChI=1S/C21H22F3NO5/c1-11(26)19(28)18-14(10-25-12(2)27)9-17(20-16(18)7-8-29-20)13-3-5-15(6-4-13)30-21(22,23)24/h3-6,9,11,19,26,28H,7-8,10H2,1-2H3,(H,25,27)/t11-,19+/m0/s1. The maximum absolute atomic E-state index is 12.4. The number of amides is 1. The second-order valence-corrected chi connectivity index (χ2v) is 7.07. The molecule has 2 aromatic carbocycles. The number of aliphatic hydroxyl groups is 2. The topological polar surface area (TPSA) is 88.0 Å². The van der Waals surface area contributed by atoms with Crippen LogP contribution in [0.2, 0.25) is 0 Å². The van der Waals surface area contributed by atoms with Crippen molar-refractivity contribution in [2.75, 3.05) is 6.61 Å². The summed E-state index contributed by atoms with van der Waals surface area (Å²) in [5.74, 6) is -0.108. The maximum atomic E-state index is 12.4. The van der Waals surface area contributed by atoms with Crippen LogP contribution in [0.1, 0.15) is 36.6 Å². The number of halogens is 3.